The van der Waals surface area contributed by atoms with Crippen molar-refractivity contribution in [1.82, 2.24) is 4.98 Å². The molecule has 3 rings (SSSR count). The van der Waals surface area contributed by atoms with Crippen LogP contribution in [-0.4, -0.2) is 4.98 Å². The number of aryl methyl sites for hydroxylation is 1. The molecule has 0 fully saturated rings. The van der Waals surface area contributed by atoms with Crippen molar-refractivity contribution in [1.29, 1.82) is 0 Å². The number of rotatable bonds is 5. The van der Waals surface area contributed by atoms with Gasteiger partial charge < -0.3 is 4.98 Å². The number of benzene rings is 1. The molecule has 0 spiro atoms. The lowest BCUT2D eigenvalue weighted by Crippen LogP contribution is -2.09. The molecule has 1 N–H and O–H groups in total. The summed E-state index contributed by atoms with van der Waals surface area (Å²) in [5, 5.41) is 1.48. The lowest BCUT2D eigenvalue weighted by Gasteiger charge is -2.22. The van der Waals surface area contributed by atoms with E-state index in [-0.39, 0.29) is 0 Å². The number of hydrogen-bond donors (Lipinski definition) is 1. The average molecular weight is 381 g/mol. The first-order chi connectivity index (χ1) is 9.79. The number of aromatic nitrogens is 1. The van der Waals surface area contributed by atoms with Crippen LogP contribution in [0, 0.1) is 3.57 Å². The van der Waals surface area contributed by atoms with Crippen LogP contribution in [0.3, 0.4) is 0 Å². The lowest BCUT2D eigenvalue weighted by atomic mass is 9.83. The summed E-state index contributed by atoms with van der Waals surface area (Å²) in [4.78, 5) is 3.73. The Balaban J connectivity index is 1.83. The van der Waals surface area contributed by atoms with Gasteiger partial charge in [-0.25, -0.2) is 0 Å². The van der Waals surface area contributed by atoms with Gasteiger partial charge in [0.25, 0.3) is 0 Å². The van der Waals surface area contributed by atoms with E-state index in [4.69, 9.17) is 0 Å². The van der Waals surface area contributed by atoms with Crippen molar-refractivity contribution >= 4 is 33.5 Å². The second-order valence-electron chi connectivity index (χ2n) is 6.15. The van der Waals surface area contributed by atoms with Crippen LogP contribution in [0.5, 0.6) is 0 Å². The fourth-order valence-corrected chi connectivity index (χ4v) is 4.13. The van der Waals surface area contributed by atoms with Crippen LogP contribution in [0.25, 0.3) is 10.9 Å². The summed E-state index contributed by atoms with van der Waals surface area (Å²) in [7, 11) is 0. The molecule has 1 aliphatic rings. The third kappa shape index (κ3) is 2.90. The smallest absolute Gasteiger partial charge is 0.0459 e. The highest BCUT2D eigenvalue weighted by molar-refractivity contribution is 14.1. The fraction of sp³-hybridized carbons (Fsp3) is 0.556. The number of H-pyrrole nitrogens is 1. The summed E-state index contributed by atoms with van der Waals surface area (Å²) in [6.45, 7) is 2.29. The molecular formula is C18H24IN. The van der Waals surface area contributed by atoms with Gasteiger partial charge >= 0.3 is 0 Å². The standard InChI is InChI=1S/C18H24IN/c1-2-3-4-5-7-13-8-6-9-15-16-12-14(19)10-11-17(16)20-18(13)15/h10-13,20H,2-9H2,1H3. The van der Waals surface area contributed by atoms with Crippen LogP contribution in [0.4, 0.5) is 0 Å². The van der Waals surface area contributed by atoms with Crippen LogP contribution < -0.4 is 0 Å². The van der Waals surface area contributed by atoms with Crippen LogP contribution in [0.2, 0.25) is 0 Å². The van der Waals surface area contributed by atoms with E-state index in [1.807, 2.05) is 0 Å². The molecule has 20 heavy (non-hydrogen) atoms. The van der Waals surface area contributed by atoms with Gasteiger partial charge in [0.05, 0.1) is 0 Å². The predicted molar refractivity (Wildman–Crippen MR) is 95.5 cm³/mol. The first kappa shape index (κ1) is 14.4. The van der Waals surface area contributed by atoms with Crippen molar-refractivity contribution in [3.63, 3.8) is 0 Å². The summed E-state index contributed by atoms with van der Waals surface area (Å²) >= 11 is 2.42. The Bertz CT molecular complexity index is 584. The minimum atomic E-state index is 0.778. The number of fused-ring (bicyclic) bond motifs is 3. The van der Waals surface area contributed by atoms with Crippen molar-refractivity contribution in [3.05, 3.63) is 33.0 Å². The monoisotopic (exact) mass is 381 g/mol. The lowest BCUT2D eigenvalue weighted by molar-refractivity contribution is 0.483. The second-order valence-corrected chi connectivity index (χ2v) is 7.39. The van der Waals surface area contributed by atoms with E-state index < -0.39 is 0 Å². The fourth-order valence-electron chi connectivity index (χ4n) is 3.63. The van der Waals surface area contributed by atoms with E-state index in [0.717, 1.165) is 5.92 Å². The Kier molecular flexibility index (Phi) is 4.69. The maximum atomic E-state index is 3.73. The first-order valence-electron chi connectivity index (χ1n) is 8.09. The largest absolute Gasteiger partial charge is 0.358 e. The highest BCUT2D eigenvalue weighted by Gasteiger charge is 2.23. The molecule has 1 unspecified atom stereocenters. The quantitative estimate of drug-likeness (QED) is 0.471. The second kappa shape index (κ2) is 6.50. The molecule has 0 saturated heterocycles. The maximum absolute atomic E-state index is 3.73. The summed E-state index contributed by atoms with van der Waals surface area (Å²) in [5.74, 6) is 0.778. The summed E-state index contributed by atoms with van der Waals surface area (Å²) in [6, 6.07) is 6.81. The molecule has 1 heterocycles. The van der Waals surface area contributed by atoms with E-state index in [1.54, 1.807) is 11.3 Å². The van der Waals surface area contributed by atoms with Crippen LogP contribution in [-0.2, 0) is 6.42 Å². The Hall–Kier alpha value is -0.510. The molecule has 1 aromatic heterocycles. The van der Waals surface area contributed by atoms with Crippen molar-refractivity contribution < 1.29 is 0 Å². The number of nitrogens with one attached hydrogen (secondary N) is 1. The molecule has 0 radical (unpaired) electrons. The summed E-state index contributed by atoms with van der Waals surface area (Å²) in [5.41, 5.74) is 4.52. The third-order valence-electron chi connectivity index (χ3n) is 4.69. The average Bonchev–Trinajstić information content (AvgIpc) is 2.82. The third-order valence-corrected chi connectivity index (χ3v) is 5.37. The molecule has 1 nitrogen and oxygen atoms in total. The molecule has 0 amide bonds. The first-order valence-corrected chi connectivity index (χ1v) is 9.17. The zero-order valence-corrected chi connectivity index (χ0v) is 14.5. The van der Waals surface area contributed by atoms with Crippen LogP contribution in [0.15, 0.2) is 18.2 Å². The molecule has 0 aliphatic heterocycles. The Morgan fingerprint density at radius 2 is 2.15 bits per heavy atom. The van der Waals surface area contributed by atoms with E-state index in [9.17, 15) is 0 Å². The maximum Gasteiger partial charge on any atom is 0.0459 e. The van der Waals surface area contributed by atoms with Gasteiger partial charge in [0.15, 0.2) is 0 Å². The summed E-state index contributed by atoms with van der Waals surface area (Å²) in [6.07, 6.45) is 10.9. The van der Waals surface area contributed by atoms with Gasteiger partial charge in [-0.2, -0.15) is 0 Å². The van der Waals surface area contributed by atoms with Gasteiger partial charge in [-0.1, -0.05) is 32.6 Å². The highest BCUT2D eigenvalue weighted by atomic mass is 127. The molecule has 2 aromatic rings. The zero-order valence-electron chi connectivity index (χ0n) is 12.3. The van der Waals surface area contributed by atoms with Crippen molar-refractivity contribution in [2.45, 2.75) is 64.2 Å². The van der Waals surface area contributed by atoms with E-state index in [0.29, 0.717) is 0 Å². The minimum absolute atomic E-state index is 0.778. The number of unbranched alkanes of at least 4 members (excludes halogenated alkanes) is 3. The van der Waals surface area contributed by atoms with Gasteiger partial charge in [-0.05, 0) is 78.0 Å². The van der Waals surface area contributed by atoms with Gasteiger partial charge in [-0.3, -0.25) is 0 Å². The van der Waals surface area contributed by atoms with Gasteiger partial charge in [-0.15, -0.1) is 0 Å². The van der Waals surface area contributed by atoms with Crippen molar-refractivity contribution in [2.24, 2.45) is 0 Å². The molecule has 2 heteroatoms. The minimum Gasteiger partial charge on any atom is -0.358 e. The van der Waals surface area contributed by atoms with Crippen molar-refractivity contribution in [2.75, 3.05) is 0 Å². The SMILES string of the molecule is CCCCCCC1CCCc2c1[nH]c1ccc(I)cc21. The van der Waals surface area contributed by atoms with Crippen molar-refractivity contribution in [3.8, 4) is 0 Å². The zero-order chi connectivity index (χ0) is 13.9. The number of aromatic amines is 1. The highest BCUT2D eigenvalue weighted by Crippen LogP contribution is 2.39. The van der Waals surface area contributed by atoms with Gasteiger partial charge in [0.2, 0.25) is 0 Å². The van der Waals surface area contributed by atoms with E-state index in [2.05, 4.69) is 52.7 Å². The topological polar surface area (TPSA) is 15.8 Å². The molecule has 1 atom stereocenters. The van der Waals surface area contributed by atoms with E-state index >= 15 is 0 Å². The van der Waals surface area contributed by atoms with Crippen LogP contribution >= 0.6 is 22.6 Å². The van der Waals surface area contributed by atoms with Gasteiger partial charge in [0.1, 0.15) is 0 Å². The predicted octanol–water partition coefficient (Wildman–Crippen LogP) is 6.16. The Morgan fingerprint density at radius 3 is 3.00 bits per heavy atom. The number of halogens is 1. The molecular weight excluding hydrogens is 357 g/mol. The summed E-state index contributed by atoms with van der Waals surface area (Å²) < 4.78 is 1.35. The Labute approximate surface area is 135 Å². The number of hydrogen-bond acceptors (Lipinski definition) is 0. The van der Waals surface area contributed by atoms with E-state index in [1.165, 1.54) is 65.8 Å². The molecule has 108 valence electrons. The molecule has 0 saturated carbocycles. The molecule has 1 aliphatic carbocycles. The molecule has 0 bridgehead atoms. The Morgan fingerprint density at radius 1 is 1.25 bits per heavy atom. The van der Waals surface area contributed by atoms with Gasteiger partial charge in [0, 0.05) is 20.2 Å². The van der Waals surface area contributed by atoms with Crippen LogP contribution in [0.1, 0.15) is 69.0 Å². The normalized spacial score (nSPS) is 18.4. The molecule has 1 aromatic carbocycles.